The summed E-state index contributed by atoms with van der Waals surface area (Å²) < 4.78 is 4.44. The van der Waals surface area contributed by atoms with Crippen molar-refractivity contribution < 1.29 is 39.9 Å². The first-order chi connectivity index (χ1) is 15.7. The fourth-order valence-corrected chi connectivity index (χ4v) is 3.89. The fourth-order valence-electron chi connectivity index (χ4n) is 3.89. The average molecular weight is 477 g/mol. The van der Waals surface area contributed by atoms with Gasteiger partial charge in [-0.3, -0.25) is 9.59 Å². The summed E-state index contributed by atoms with van der Waals surface area (Å²) >= 11 is 0. The number of ether oxygens (including phenoxy) is 1. The van der Waals surface area contributed by atoms with Crippen molar-refractivity contribution in [3.05, 3.63) is 0 Å². The first-order valence-electron chi connectivity index (χ1n) is 12.8. The lowest BCUT2D eigenvalue weighted by Crippen LogP contribution is -2.53. The highest BCUT2D eigenvalue weighted by molar-refractivity contribution is 5.84. The molecular weight excluding hydrogens is 428 g/mol. The summed E-state index contributed by atoms with van der Waals surface area (Å²) in [6.07, 6.45) is 11.6. The van der Waals surface area contributed by atoms with Crippen molar-refractivity contribution in [2.45, 2.75) is 141 Å². The highest BCUT2D eigenvalue weighted by Gasteiger charge is 2.43. The second-order valence-corrected chi connectivity index (χ2v) is 9.23. The van der Waals surface area contributed by atoms with Crippen LogP contribution in [0, 0.1) is 0 Å². The summed E-state index contributed by atoms with van der Waals surface area (Å²) in [6.45, 7) is 2.05. The van der Waals surface area contributed by atoms with Gasteiger partial charge in [-0.1, -0.05) is 84.0 Å². The van der Waals surface area contributed by atoms with E-state index in [-0.39, 0.29) is 6.10 Å². The zero-order chi connectivity index (χ0) is 25.1. The van der Waals surface area contributed by atoms with Gasteiger partial charge in [-0.2, -0.15) is 0 Å². The molecule has 4 atom stereocenters. The summed E-state index contributed by atoms with van der Waals surface area (Å²) in [6, 6.07) is 0. The van der Waals surface area contributed by atoms with Gasteiger partial charge in [-0.25, -0.2) is 0 Å². The molecule has 5 N–H and O–H groups in total. The molecule has 0 bridgehead atoms. The molecule has 0 saturated carbocycles. The summed E-state index contributed by atoms with van der Waals surface area (Å²) in [7, 11) is 0. The molecule has 0 aliphatic heterocycles. The van der Waals surface area contributed by atoms with E-state index in [1.165, 1.54) is 51.4 Å². The maximum atomic E-state index is 12.0. The van der Waals surface area contributed by atoms with E-state index in [0.29, 0.717) is 25.7 Å². The Morgan fingerprint density at radius 3 is 1.64 bits per heavy atom. The number of Topliss-reactive ketones (excluding diaryl/α,β-unsaturated/α-hetero) is 1. The van der Waals surface area contributed by atoms with Crippen LogP contribution in [0.15, 0.2) is 0 Å². The molecule has 0 saturated heterocycles. The van der Waals surface area contributed by atoms with Gasteiger partial charge in [0, 0.05) is 13.3 Å². The van der Waals surface area contributed by atoms with Gasteiger partial charge in [0.25, 0.3) is 5.79 Å². The molecule has 0 rings (SSSR count). The van der Waals surface area contributed by atoms with Gasteiger partial charge in [0.2, 0.25) is 0 Å². The average Bonchev–Trinajstić information content (AvgIpc) is 2.76. The van der Waals surface area contributed by atoms with E-state index < -0.39 is 42.8 Å². The second-order valence-electron chi connectivity index (χ2n) is 9.23. The number of aliphatic hydroxyl groups excluding tert-OH is 4. The van der Waals surface area contributed by atoms with Crippen molar-refractivity contribution in [3.8, 4) is 0 Å². The molecule has 4 unspecified atom stereocenters. The van der Waals surface area contributed by atoms with Gasteiger partial charge in [-0.05, 0) is 19.3 Å². The maximum absolute atomic E-state index is 12.0. The van der Waals surface area contributed by atoms with E-state index in [0.717, 1.165) is 26.2 Å². The number of hydrogen-bond acceptors (Lipinski definition) is 8. The van der Waals surface area contributed by atoms with Crippen molar-refractivity contribution in [2.75, 3.05) is 6.61 Å². The van der Waals surface area contributed by atoms with Crippen LogP contribution in [0.2, 0.25) is 0 Å². The van der Waals surface area contributed by atoms with Gasteiger partial charge in [0.1, 0.15) is 6.61 Å². The third kappa shape index (κ3) is 16.2. The van der Waals surface area contributed by atoms with Crippen LogP contribution in [0.3, 0.4) is 0 Å². The number of ketones is 1. The van der Waals surface area contributed by atoms with E-state index in [9.17, 15) is 30.0 Å². The minimum absolute atomic E-state index is 0.300. The van der Waals surface area contributed by atoms with Crippen molar-refractivity contribution in [3.63, 3.8) is 0 Å². The van der Waals surface area contributed by atoms with Crippen molar-refractivity contribution >= 4 is 11.8 Å². The predicted molar refractivity (Wildman–Crippen MR) is 126 cm³/mol. The number of hydrogen-bond donors (Lipinski definition) is 5. The van der Waals surface area contributed by atoms with Crippen LogP contribution in [-0.2, 0) is 14.3 Å². The molecule has 8 heteroatoms. The molecule has 33 heavy (non-hydrogen) atoms. The van der Waals surface area contributed by atoms with Crippen molar-refractivity contribution in [1.29, 1.82) is 0 Å². The third-order valence-electron chi connectivity index (χ3n) is 5.93. The SMILES string of the molecule is CCCCCCCCCCCCC(O)CCCCC(O)CC(=O)C(O)C(O)(CO)OC(C)=O. The van der Waals surface area contributed by atoms with Crippen LogP contribution >= 0.6 is 0 Å². The van der Waals surface area contributed by atoms with Crippen LogP contribution in [0.5, 0.6) is 0 Å². The van der Waals surface area contributed by atoms with Gasteiger partial charge in [0.05, 0.1) is 12.2 Å². The number of rotatable bonds is 22. The number of carbonyl (C=O) groups excluding carboxylic acids is 2. The molecule has 0 aliphatic rings. The molecule has 0 spiro atoms. The molecule has 196 valence electrons. The van der Waals surface area contributed by atoms with Crippen molar-refractivity contribution in [1.82, 2.24) is 0 Å². The van der Waals surface area contributed by atoms with Crippen LogP contribution < -0.4 is 0 Å². The van der Waals surface area contributed by atoms with Crippen LogP contribution in [-0.4, -0.2) is 68.0 Å². The summed E-state index contributed by atoms with van der Waals surface area (Å²) in [5, 5.41) is 49.1. The topological polar surface area (TPSA) is 145 Å². The number of carbonyl (C=O) groups is 2. The minimum Gasteiger partial charge on any atom is -0.427 e. The Labute approximate surface area is 199 Å². The van der Waals surface area contributed by atoms with Crippen LogP contribution in [0.1, 0.15) is 117 Å². The van der Waals surface area contributed by atoms with E-state index in [2.05, 4.69) is 11.7 Å². The van der Waals surface area contributed by atoms with E-state index >= 15 is 0 Å². The Kier molecular flexibility index (Phi) is 18.6. The van der Waals surface area contributed by atoms with E-state index in [1.807, 2.05) is 0 Å². The predicted octanol–water partition coefficient (Wildman–Crippen LogP) is 3.14. The number of aliphatic hydroxyl groups is 5. The summed E-state index contributed by atoms with van der Waals surface area (Å²) in [5.41, 5.74) is 0. The molecular formula is C25H48O8. The second kappa shape index (κ2) is 19.3. The smallest absolute Gasteiger partial charge is 0.305 e. The summed E-state index contributed by atoms with van der Waals surface area (Å²) in [4.78, 5) is 23.0. The zero-order valence-electron chi connectivity index (χ0n) is 20.7. The van der Waals surface area contributed by atoms with Gasteiger partial charge in [0.15, 0.2) is 11.9 Å². The van der Waals surface area contributed by atoms with Crippen LogP contribution in [0.4, 0.5) is 0 Å². The molecule has 0 fully saturated rings. The Morgan fingerprint density at radius 1 is 0.758 bits per heavy atom. The highest BCUT2D eigenvalue weighted by atomic mass is 16.7. The molecule has 8 nitrogen and oxygen atoms in total. The van der Waals surface area contributed by atoms with Gasteiger partial charge in [-0.15, -0.1) is 0 Å². The lowest BCUT2D eigenvalue weighted by atomic mass is 9.97. The summed E-state index contributed by atoms with van der Waals surface area (Å²) in [5.74, 6) is -4.61. The maximum Gasteiger partial charge on any atom is 0.305 e. The molecule has 0 aliphatic carbocycles. The Bertz CT molecular complexity index is 513. The molecule has 0 heterocycles. The van der Waals surface area contributed by atoms with Gasteiger partial charge < -0.3 is 30.3 Å². The normalized spacial score (nSPS) is 16.1. The quantitative estimate of drug-likeness (QED) is 0.0910. The lowest BCUT2D eigenvalue weighted by Gasteiger charge is -2.29. The third-order valence-corrected chi connectivity index (χ3v) is 5.93. The standard InChI is InChI=1S/C25H48O8/c1-3-4-5-6-7-8-9-10-11-12-15-21(28)16-13-14-17-22(29)18-23(30)24(31)25(32,19-26)33-20(2)27/h21-22,24,26,28-29,31-32H,3-19H2,1-2H3. The number of esters is 1. The molecule has 0 aromatic rings. The molecule has 0 aromatic carbocycles. The first kappa shape index (κ1) is 31.9. The van der Waals surface area contributed by atoms with Crippen LogP contribution in [0.25, 0.3) is 0 Å². The Morgan fingerprint density at radius 2 is 1.18 bits per heavy atom. The monoisotopic (exact) mass is 476 g/mol. The number of unbranched alkanes of at least 4 members (excludes halogenated alkanes) is 10. The molecule has 0 aromatic heterocycles. The van der Waals surface area contributed by atoms with E-state index in [1.54, 1.807) is 0 Å². The van der Waals surface area contributed by atoms with Crippen molar-refractivity contribution in [2.24, 2.45) is 0 Å². The molecule has 0 amide bonds. The zero-order valence-corrected chi connectivity index (χ0v) is 20.7. The molecule has 0 radical (unpaired) electrons. The lowest BCUT2D eigenvalue weighted by molar-refractivity contribution is -0.255. The fraction of sp³-hybridized carbons (Fsp3) is 0.920. The Balaban J connectivity index is 3.83. The largest absolute Gasteiger partial charge is 0.427 e. The Hall–Kier alpha value is -1.06. The minimum atomic E-state index is -2.72. The van der Waals surface area contributed by atoms with Gasteiger partial charge >= 0.3 is 5.97 Å². The van der Waals surface area contributed by atoms with E-state index in [4.69, 9.17) is 5.11 Å². The highest BCUT2D eigenvalue weighted by Crippen LogP contribution is 2.18. The first-order valence-corrected chi connectivity index (χ1v) is 12.8.